The number of H-pyrrole nitrogens is 1. The topological polar surface area (TPSA) is 96.7 Å². The summed E-state index contributed by atoms with van der Waals surface area (Å²) in [6.07, 6.45) is 0. The SMILES string of the molecule is CC(C)(CNCc1n[nH]nc1-c1ccccc1)C(N)=O. The monoisotopic (exact) mass is 273 g/mol. The van der Waals surface area contributed by atoms with Crippen LogP contribution in [0, 0.1) is 5.41 Å². The molecule has 2 rings (SSSR count). The first-order valence-electron chi connectivity index (χ1n) is 6.46. The third-order valence-electron chi connectivity index (χ3n) is 3.19. The molecule has 1 aromatic carbocycles. The van der Waals surface area contributed by atoms with Gasteiger partial charge in [-0.2, -0.15) is 15.4 Å². The number of hydrogen-bond donors (Lipinski definition) is 3. The summed E-state index contributed by atoms with van der Waals surface area (Å²) in [4.78, 5) is 11.2. The number of benzene rings is 1. The highest BCUT2D eigenvalue weighted by atomic mass is 16.1. The van der Waals surface area contributed by atoms with E-state index in [9.17, 15) is 4.79 Å². The number of carbonyl (C=O) groups excluding carboxylic acids is 1. The van der Waals surface area contributed by atoms with Gasteiger partial charge < -0.3 is 11.1 Å². The zero-order valence-electron chi connectivity index (χ0n) is 11.7. The van der Waals surface area contributed by atoms with Gasteiger partial charge in [-0.25, -0.2) is 0 Å². The number of rotatable bonds is 6. The summed E-state index contributed by atoms with van der Waals surface area (Å²) >= 11 is 0. The smallest absolute Gasteiger partial charge is 0.224 e. The van der Waals surface area contributed by atoms with Crippen LogP contribution in [0.1, 0.15) is 19.5 Å². The Hall–Kier alpha value is -2.21. The second-order valence-corrected chi connectivity index (χ2v) is 5.34. The molecule has 0 aliphatic rings. The predicted octanol–water partition coefficient (Wildman–Crippen LogP) is 1.07. The van der Waals surface area contributed by atoms with Gasteiger partial charge in [-0.3, -0.25) is 4.79 Å². The quantitative estimate of drug-likeness (QED) is 0.733. The number of aromatic nitrogens is 3. The Morgan fingerprint density at radius 1 is 1.30 bits per heavy atom. The van der Waals surface area contributed by atoms with Crippen LogP contribution in [0.4, 0.5) is 0 Å². The first kappa shape index (κ1) is 14.2. The van der Waals surface area contributed by atoms with Gasteiger partial charge in [0.1, 0.15) is 11.4 Å². The molecule has 1 amide bonds. The molecule has 0 bridgehead atoms. The number of carbonyl (C=O) groups is 1. The van der Waals surface area contributed by atoms with Crippen molar-refractivity contribution in [2.24, 2.45) is 11.1 Å². The molecular formula is C14H19N5O. The van der Waals surface area contributed by atoms with Crippen LogP contribution in [-0.2, 0) is 11.3 Å². The van der Waals surface area contributed by atoms with Crippen LogP contribution < -0.4 is 11.1 Å². The lowest BCUT2D eigenvalue weighted by molar-refractivity contribution is -0.125. The van der Waals surface area contributed by atoms with Crippen LogP contribution in [-0.4, -0.2) is 27.9 Å². The molecule has 1 aromatic heterocycles. The molecule has 0 radical (unpaired) electrons. The molecule has 4 N–H and O–H groups in total. The fraction of sp³-hybridized carbons (Fsp3) is 0.357. The minimum Gasteiger partial charge on any atom is -0.369 e. The van der Waals surface area contributed by atoms with E-state index in [0.29, 0.717) is 13.1 Å². The number of amides is 1. The van der Waals surface area contributed by atoms with Crippen molar-refractivity contribution >= 4 is 5.91 Å². The first-order chi connectivity index (χ1) is 9.50. The van der Waals surface area contributed by atoms with Gasteiger partial charge in [0, 0.05) is 18.7 Å². The van der Waals surface area contributed by atoms with E-state index >= 15 is 0 Å². The molecule has 6 heteroatoms. The lowest BCUT2D eigenvalue weighted by Crippen LogP contribution is -2.40. The summed E-state index contributed by atoms with van der Waals surface area (Å²) < 4.78 is 0. The van der Waals surface area contributed by atoms with E-state index in [0.717, 1.165) is 17.0 Å². The maximum absolute atomic E-state index is 11.2. The average Bonchev–Trinajstić information content (AvgIpc) is 2.88. The molecule has 1 heterocycles. The molecule has 0 atom stereocenters. The zero-order valence-corrected chi connectivity index (χ0v) is 11.7. The van der Waals surface area contributed by atoms with Crippen molar-refractivity contribution in [1.29, 1.82) is 0 Å². The number of primary amides is 1. The molecule has 0 saturated heterocycles. The van der Waals surface area contributed by atoms with Gasteiger partial charge in [-0.15, -0.1) is 0 Å². The highest BCUT2D eigenvalue weighted by molar-refractivity contribution is 5.80. The lowest BCUT2D eigenvalue weighted by atomic mass is 9.93. The summed E-state index contributed by atoms with van der Waals surface area (Å²) in [6, 6.07) is 9.83. The fourth-order valence-corrected chi connectivity index (χ4v) is 1.78. The largest absolute Gasteiger partial charge is 0.369 e. The Morgan fingerprint density at radius 3 is 2.65 bits per heavy atom. The number of nitrogens with one attached hydrogen (secondary N) is 2. The van der Waals surface area contributed by atoms with Crippen molar-refractivity contribution in [2.45, 2.75) is 20.4 Å². The molecule has 6 nitrogen and oxygen atoms in total. The molecule has 0 unspecified atom stereocenters. The van der Waals surface area contributed by atoms with Gasteiger partial charge in [0.05, 0.1) is 5.41 Å². The van der Waals surface area contributed by atoms with Gasteiger partial charge in [-0.05, 0) is 13.8 Å². The highest BCUT2D eigenvalue weighted by Crippen LogP contribution is 2.19. The van der Waals surface area contributed by atoms with E-state index in [1.54, 1.807) is 0 Å². The normalized spacial score (nSPS) is 11.5. The lowest BCUT2D eigenvalue weighted by Gasteiger charge is -2.20. The molecule has 0 saturated carbocycles. The second-order valence-electron chi connectivity index (χ2n) is 5.34. The number of nitrogens with two attached hydrogens (primary N) is 1. The third-order valence-corrected chi connectivity index (χ3v) is 3.19. The summed E-state index contributed by atoms with van der Waals surface area (Å²) in [5.41, 5.74) is 7.39. The van der Waals surface area contributed by atoms with Crippen molar-refractivity contribution in [3.05, 3.63) is 36.0 Å². The van der Waals surface area contributed by atoms with Crippen LogP contribution >= 0.6 is 0 Å². The van der Waals surface area contributed by atoms with Gasteiger partial charge in [0.2, 0.25) is 5.91 Å². The number of aromatic amines is 1. The zero-order chi connectivity index (χ0) is 14.6. The van der Waals surface area contributed by atoms with Crippen LogP contribution in [0.3, 0.4) is 0 Å². The molecule has 0 fully saturated rings. The summed E-state index contributed by atoms with van der Waals surface area (Å²) in [5.74, 6) is -0.326. The van der Waals surface area contributed by atoms with Gasteiger partial charge in [0.25, 0.3) is 0 Å². The van der Waals surface area contributed by atoms with Crippen molar-refractivity contribution in [3.8, 4) is 11.3 Å². The Kier molecular flexibility index (Phi) is 4.14. The summed E-state index contributed by atoms with van der Waals surface area (Å²) in [7, 11) is 0. The molecule has 2 aromatic rings. The van der Waals surface area contributed by atoms with E-state index in [2.05, 4.69) is 20.7 Å². The van der Waals surface area contributed by atoms with E-state index in [1.807, 2.05) is 44.2 Å². The molecule has 0 aliphatic heterocycles. The van der Waals surface area contributed by atoms with E-state index in [-0.39, 0.29) is 5.91 Å². The van der Waals surface area contributed by atoms with Crippen LogP contribution in [0.2, 0.25) is 0 Å². The molecule has 20 heavy (non-hydrogen) atoms. The van der Waals surface area contributed by atoms with E-state index < -0.39 is 5.41 Å². The van der Waals surface area contributed by atoms with Crippen LogP contribution in [0.15, 0.2) is 30.3 Å². The number of nitrogens with zero attached hydrogens (tertiary/aromatic N) is 2. The number of hydrogen-bond acceptors (Lipinski definition) is 4. The highest BCUT2D eigenvalue weighted by Gasteiger charge is 2.24. The maximum atomic E-state index is 11.2. The van der Waals surface area contributed by atoms with Crippen LogP contribution in [0.25, 0.3) is 11.3 Å². The molecule has 106 valence electrons. The Balaban J connectivity index is 2.02. The average molecular weight is 273 g/mol. The maximum Gasteiger partial charge on any atom is 0.224 e. The van der Waals surface area contributed by atoms with Gasteiger partial charge in [-0.1, -0.05) is 30.3 Å². The molecule has 0 aliphatic carbocycles. The Bertz CT molecular complexity index is 576. The fourth-order valence-electron chi connectivity index (χ4n) is 1.78. The minimum atomic E-state index is -0.587. The predicted molar refractivity (Wildman–Crippen MR) is 76.5 cm³/mol. The van der Waals surface area contributed by atoms with Crippen molar-refractivity contribution in [3.63, 3.8) is 0 Å². The summed E-state index contributed by atoms with van der Waals surface area (Å²) in [5, 5.41) is 14.1. The second kappa shape index (κ2) is 5.83. The minimum absolute atomic E-state index is 0.326. The molecular weight excluding hydrogens is 254 g/mol. The molecule has 0 spiro atoms. The summed E-state index contributed by atoms with van der Waals surface area (Å²) in [6.45, 7) is 4.63. The van der Waals surface area contributed by atoms with E-state index in [4.69, 9.17) is 5.73 Å². The van der Waals surface area contributed by atoms with E-state index in [1.165, 1.54) is 0 Å². The van der Waals surface area contributed by atoms with Gasteiger partial charge in [0.15, 0.2) is 0 Å². The van der Waals surface area contributed by atoms with Gasteiger partial charge >= 0.3 is 0 Å². The Labute approximate surface area is 117 Å². The van der Waals surface area contributed by atoms with Crippen LogP contribution in [0.5, 0.6) is 0 Å². The van der Waals surface area contributed by atoms with Crippen molar-refractivity contribution in [2.75, 3.05) is 6.54 Å². The Morgan fingerprint density at radius 2 is 2.00 bits per heavy atom. The van der Waals surface area contributed by atoms with Crippen molar-refractivity contribution < 1.29 is 4.79 Å². The third kappa shape index (κ3) is 3.21. The van der Waals surface area contributed by atoms with Crippen molar-refractivity contribution in [1.82, 2.24) is 20.7 Å². The standard InChI is InChI=1S/C14H19N5O/c1-14(2,13(15)20)9-16-8-11-12(18-19-17-11)10-6-4-3-5-7-10/h3-7,16H,8-9H2,1-2H3,(H2,15,20)(H,17,18,19). The first-order valence-corrected chi connectivity index (χ1v) is 6.46.